The SMILES string of the molecule is CCC(CCC(C(=O)O)C(=O)O)Cc1cccc(OC)c1OC. The molecule has 1 rings (SSSR count). The van der Waals surface area contributed by atoms with E-state index in [1.807, 2.05) is 25.1 Å². The molecule has 1 unspecified atom stereocenters. The number of hydrogen-bond donors (Lipinski definition) is 2. The van der Waals surface area contributed by atoms with E-state index in [0.717, 1.165) is 12.0 Å². The van der Waals surface area contributed by atoms with Crippen molar-refractivity contribution >= 4 is 11.9 Å². The average molecular weight is 324 g/mol. The molecular formula is C17H24O6. The number of aliphatic carboxylic acids is 2. The van der Waals surface area contributed by atoms with Crippen LogP contribution < -0.4 is 9.47 Å². The summed E-state index contributed by atoms with van der Waals surface area (Å²) in [5, 5.41) is 17.9. The molecule has 1 atom stereocenters. The van der Waals surface area contributed by atoms with E-state index in [4.69, 9.17) is 19.7 Å². The largest absolute Gasteiger partial charge is 0.493 e. The van der Waals surface area contributed by atoms with Crippen molar-refractivity contribution < 1.29 is 29.3 Å². The summed E-state index contributed by atoms with van der Waals surface area (Å²) in [7, 11) is 3.15. The van der Waals surface area contributed by atoms with Gasteiger partial charge in [0.25, 0.3) is 0 Å². The number of rotatable bonds is 10. The summed E-state index contributed by atoms with van der Waals surface area (Å²) in [6, 6.07) is 5.63. The van der Waals surface area contributed by atoms with Gasteiger partial charge in [-0.05, 0) is 36.8 Å². The minimum Gasteiger partial charge on any atom is -0.493 e. The molecular weight excluding hydrogens is 300 g/mol. The van der Waals surface area contributed by atoms with Crippen LogP contribution in [0.5, 0.6) is 11.5 Å². The fourth-order valence-electron chi connectivity index (χ4n) is 2.63. The number of carbonyl (C=O) groups is 2. The van der Waals surface area contributed by atoms with E-state index in [1.54, 1.807) is 14.2 Å². The molecule has 0 aliphatic heterocycles. The van der Waals surface area contributed by atoms with Gasteiger partial charge < -0.3 is 19.7 Å². The highest BCUT2D eigenvalue weighted by Gasteiger charge is 2.26. The van der Waals surface area contributed by atoms with Gasteiger partial charge in [0.05, 0.1) is 14.2 Å². The van der Waals surface area contributed by atoms with E-state index in [9.17, 15) is 9.59 Å². The van der Waals surface area contributed by atoms with E-state index in [2.05, 4.69) is 0 Å². The zero-order valence-corrected chi connectivity index (χ0v) is 13.7. The Morgan fingerprint density at radius 2 is 1.74 bits per heavy atom. The van der Waals surface area contributed by atoms with Gasteiger partial charge in [0, 0.05) is 0 Å². The first-order valence-corrected chi connectivity index (χ1v) is 7.60. The molecule has 1 aromatic carbocycles. The van der Waals surface area contributed by atoms with Crippen molar-refractivity contribution in [2.24, 2.45) is 11.8 Å². The van der Waals surface area contributed by atoms with Crippen molar-refractivity contribution in [3.8, 4) is 11.5 Å². The van der Waals surface area contributed by atoms with Gasteiger partial charge in [-0.25, -0.2) is 0 Å². The molecule has 128 valence electrons. The first-order chi connectivity index (χ1) is 10.9. The lowest BCUT2D eigenvalue weighted by atomic mass is 9.88. The molecule has 0 amide bonds. The Morgan fingerprint density at radius 1 is 1.09 bits per heavy atom. The lowest BCUT2D eigenvalue weighted by molar-refractivity contribution is -0.154. The van der Waals surface area contributed by atoms with Crippen molar-refractivity contribution in [3.63, 3.8) is 0 Å². The summed E-state index contributed by atoms with van der Waals surface area (Å²) in [4.78, 5) is 21.9. The van der Waals surface area contributed by atoms with Gasteiger partial charge in [0.1, 0.15) is 0 Å². The molecule has 0 saturated carbocycles. The molecule has 0 aliphatic rings. The van der Waals surface area contributed by atoms with Crippen molar-refractivity contribution in [3.05, 3.63) is 23.8 Å². The molecule has 0 radical (unpaired) electrons. The average Bonchev–Trinajstić information content (AvgIpc) is 2.52. The Kier molecular flexibility index (Phi) is 7.38. The van der Waals surface area contributed by atoms with Crippen LogP contribution in [0, 0.1) is 11.8 Å². The van der Waals surface area contributed by atoms with E-state index in [-0.39, 0.29) is 12.3 Å². The molecule has 0 bridgehead atoms. The lowest BCUT2D eigenvalue weighted by Gasteiger charge is -2.19. The summed E-state index contributed by atoms with van der Waals surface area (Å²) >= 11 is 0. The number of ether oxygens (including phenoxy) is 2. The van der Waals surface area contributed by atoms with Gasteiger partial charge in [-0.15, -0.1) is 0 Å². The van der Waals surface area contributed by atoms with Gasteiger partial charge >= 0.3 is 11.9 Å². The minimum atomic E-state index is -1.35. The fraction of sp³-hybridized carbons (Fsp3) is 0.529. The number of carboxylic acid groups (broad SMARTS) is 2. The van der Waals surface area contributed by atoms with Gasteiger partial charge in [0.15, 0.2) is 17.4 Å². The third-order valence-corrected chi connectivity index (χ3v) is 4.03. The predicted molar refractivity (Wildman–Crippen MR) is 85.0 cm³/mol. The number of carboxylic acids is 2. The van der Waals surface area contributed by atoms with Crippen LogP contribution in [0.25, 0.3) is 0 Å². The summed E-state index contributed by atoms with van der Waals surface area (Å²) < 4.78 is 10.7. The highest BCUT2D eigenvalue weighted by molar-refractivity contribution is 5.92. The summed E-state index contributed by atoms with van der Waals surface area (Å²) in [5.74, 6) is -2.43. The molecule has 1 aromatic rings. The van der Waals surface area contributed by atoms with Crippen molar-refractivity contribution in [2.75, 3.05) is 14.2 Å². The Balaban J connectivity index is 2.81. The molecule has 0 fully saturated rings. The summed E-state index contributed by atoms with van der Waals surface area (Å²) in [6.45, 7) is 2.01. The highest BCUT2D eigenvalue weighted by atomic mass is 16.5. The maximum Gasteiger partial charge on any atom is 0.317 e. The normalized spacial score (nSPS) is 12.0. The van der Waals surface area contributed by atoms with Crippen LogP contribution in [0.2, 0.25) is 0 Å². The Hall–Kier alpha value is -2.24. The molecule has 0 spiro atoms. The number of para-hydroxylation sites is 1. The molecule has 2 N–H and O–H groups in total. The Bertz CT molecular complexity index is 526. The van der Waals surface area contributed by atoms with Crippen LogP contribution >= 0.6 is 0 Å². The van der Waals surface area contributed by atoms with Gasteiger partial charge in [-0.3, -0.25) is 9.59 Å². The molecule has 23 heavy (non-hydrogen) atoms. The van der Waals surface area contributed by atoms with E-state index < -0.39 is 17.9 Å². The third kappa shape index (κ3) is 5.16. The van der Waals surface area contributed by atoms with Crippen molar-refractivity contribution in [1.29, 1.82) is 0 Å². The second-order valence-corrected chi connectivity index (χ2v) is 5.44. The van der Waals surface area contributed by atoms with Crippen LogP contribution in [0.1, 0.15) is 31.7 Å². The van der Waals surface area contributed by atoms with E-state index >= 15 is 0 Å². The van der Waals surface area contributed by atoms with Crippen LogP contribution in [0.4, 0.5) is 0 Å². The minimum absolute atomic E-state index is 0.120. The Morgan fingerprint density at radius 3 is 2.22 bits per heavy atom. The van der Waals surface area contributed by atoms with Crippen molar-refractivity contribution in [1.82, 2.24) is 0 Å². The molecule has 0 aromatic heterocycles. The zero-order valence-electron chi connectivity index (χ0n) is 13.7. The number of benzene rings is 1. The number of hydrogen-bond acceptors (Lipinski definition) is 4. The van der Waals surface area contributed by atoms with Gasteiger partial charge in [-0.2, -0.15) is 0 Å². The van der Waals surface area contributed by atoms with E-state index in [0.29, 0.717) is 24.3 Å². The standard InChI is InChI=1S/C17H24O6/c1-4-11(8-9-13(16(18)19)17(20)21)10-12-6-5-7-14(22-2)15(12)23-3/h5-7,11,13H,4,8-10H2,1-3H3,(H,18,19)(H,20,21). The van der Waals surface area contributed by atoms with Crippen LogP contribution in [0.3, 0.4) is 0 Å². The zero-order chi connectivity index (χ0) is 17.4. The second kappa shape index (κ2) is 9.02. The lowest BCUT2D eigenvalue weighted by Crippen LogP contribution is -2.24. The predicted octanol–water partition coefficient (Wildman–Crippen LogP) is 2.84. The summed E-state index contributed by atoms with van der Waals surface area (Å²) in [5.41, 5.74) is 0.973. The molecule has 0 aliphatic carbocycles. The van der Waals surface area contributed by atoms with Gasteiger partial charge in [-0.1, -0.05) is 25.5 Å². The fourth-order valence-corrected chi connectivity index (χ4v) is 2.63. The monoisotopic (exact) mass is 324 g/mol. The molecule has 6 nitrogen and oxygen atoms in total. The molecule has 0 saturated heterocycles. The molecule has 6 heteroatoms. The third-order valence-electron chi connectivity index (χ3n) is 4.03. The van der Waals surface area contributed by atoms with Crippen LogP contribution in [-0.4, -0.2) is 36.4 Å². The topological polar surface area (TPSA) is 93.1 Å². The second-order valence-electron chi connectivity index (χ2n) is 5.44. The summed E-state index contributed by atoms with van der Waals surface area (Å²) in [6.07, 6.45) is 2.16. The van der Waals surface area contributed by atoms with Crippen LogP contribution in [-0.2, 0) is 16.0 Å². The first-order valence-electron chi connectivity index (χ1n) is 7.60. The highest BCUT2D eigenvalue weighted by Crippen LogP contribution is 2.33. The van der Waals surface area contributed by atoms with Crippen molar-refractivity contribution in [2.45, 2.75) is 32.6 Å². The Labute approximate surface area is 136 Å². The smallest absolute Gasteiger partial charge is 0.317 e. The van der Waals surface area contributed by atoms with E-state index in [1.165, 1.54) is 0 Å². The number of methoxy groups -OCH3 is 2. The maximum atomic E-state index is 11.0. The molecule has 0 heterocycles. The van der Waals surface area contributed by atoms with Gasteiger partial charge in [0.2, 0.25) is 0 Å². The maximum absolute atomic E-state index is 11.0. The van der Waals surface area contributed by atoms with Crippen LogP contribution in [0.15, 0.2) is 18.2 Å². The quantitative estimate of drug-likeness (QED) is 0.643. The first kappa shape index (κ1) is 18.8.